The molecule has 1 unspecified atom stereocenters. The Morgan fingerprint density at radius 2 is 1.82 bits per heavy atom. The Hall–Kier alpha value is -3.07. The molecule has 9 heteroatoms. The number of amides is 1. The number of rotatable bonds is 9. The highest BCUT2D eigenvalue weighted by Gasteiger charge is 2.15. The molecule has 0 aliphatic carbocycles. The molecule has 0 saturated heterocycles. The highest BCUT2D eigenvalue weighted by atomic mass is 19.3. The van der Waals surface area contributed by atoms with Crippen molar-refractivity contribution in [1.82, 2.24) is 5.32 Å². The summed E-state index contributed by atoms with van der Waals surface area (Å²) in [5, 5.41) is 12.5. The van der Waals surface area contributed by atoms with Gasteiger partial charge in [0, 0.05) is 12.6 Å². The van der Waals surface area contributed by atoms with Gasteiger partial charge in [-0.2, -0.15) is 8.78 Å². The Morgan fingerprint density at radius 1 is 1.11 bits per heavy atom. The molecule has 2 aromatic carbocycles. The van der Waals surface area contributed by atoms with Gasteiger partial charge in [0.1, 0.15) is 24.2 Å². The van der Waals surface area contributed by atoms with Crippen LogP contribution in [-0.2, 0) is 11.2 Å². The lowest BCUT2D eigenvalue weighted by Gasteiger charge is -2.14. The zero-order valence-electron chi connectivity index (χ0n) is 14.8. The fourth-order valence-corrected chi connectivity index (χ4v) is 2.49. The van der Waals surface area contributed by atoms with E-state index in [0.717, 1.165) is 0 Å². The molecule has 0 saturated carbocycles. The van der Waals surface area contributed by atoms with Crippen LogP contribution in [0.3, 0.4) is 0 Å². The van der Waals surface area contributed by atoms with Gasteiger partial charge in [0.25, 0.3) is 0 Å². The molecule has 0 radical (unpaired) electrons. The molecule has 1 aliphatic rings. The van der Waals surface area contributed by atoms with Crippen molar-refractivity contribution in [3.05, 3.63) is 48.0 Å². The van der Waals surface area contributed by atoms with Gasteiger partial charge in [-0.3, -0.25) is 4.79 Å². The summed E-state index contributed by atoms with van der Waals surface area (Å²) in [4.78, 5) is 11.9. The molecule has 150 valence electrons. The molecule has 1 amide bonds. The summed E-state index contributed by atoms with van der Waals surface area (Å²) in [6, 6.07) is 10.8. The first-order chi connectivity index (χ1) is 13.5. The van der Waals surface area contributed by atoms with Gasteiger partial charge < -0.3 is 29.4 Å². The maximum Gasteiger partial charge on any atom is 0.387 e. The van der Waals surface area contributed by atoms with E-state index in [-0.39, 0.29) is 38.0 Å². The molecule has 7 nitrogen and oxygen atoms in total. The number of alkyl halides is 2. The number of hydrogen-bond donors (Lipinski definition) is 2. The van der Waals surface area contributed by atoms with Crippen LogP contribution in [0.5, 0.6) is 23.0 Å². The van der Waals surface area contributed by atoms with Crippen molar-refractivity contribution in [1.29, 1.82) is 0 Å². The van der Waals surface area contributed by atoms with Gasteiger partial charge in [0.2, 0.25) is 12.7 Å². The number of aliphatic hydroxyl groups is 1. The molecule has 2 aromatic rings. The van der Waals surface area contributed by atoms with Crippen LogP contribution in [0, 0.1) is 0 Å². The topological polar surface area (TPSA) is 86.3 Å². The zero-order chi connectivity index (χ0) is 19.9. The predicted molar refractivity (Wildman–Crippen MR) is 93.9 cm³/mol. The van der Waals surface area contributed by atoms with Gasteiger partial charge in [0.15, 0.2) is 11.5 Å². The minimum atomic E-state index is -2.89. The van der Waals surface area contributed by atoms with E-state index in [1.54, 1.807) is 18.2 Å². The summed E-state index contributed by atoms with van der Waals surface area (Å²) >= 11 is 0. The summed E-state index contributed by atoms with van der Waals surface area (Å²) in [6.07, 6.45) is -0.860. The van der Waals surface area contributed by atoms with E-state index in [9.17, 15) is 18.7 Å². The van der Waals surface area contributed by atoms with Crippen molar-refractivity contribution in [3.8, 4) is 23.0 Å². The molecule has 28 heavy (non-hydrogen) atoms. The average Bonchev–Trinajstić information content (AvgIpc) is 3.13. The second-order valence-electron chi connectivity index (χ2n) is 5.98. The van der Waals surface area contributed by atoms with Crippen molar-refractivity contribution in [2.24, 2.45) is 0 Å². The number of fused-ring (bicyclic) bond motifs is 1. The zero-order valence-corrected chi connectivity index (χ0v) is 14.8. The fourth-order valence-electron chi connectivity index (χ4n) is 2.49. The van der Waals surface area contributed by atoms with Gasteiger partial charge in [0.05, 0.1) is 6.42 Å². The van der Waals surface area contributed by atoms with E-state index in [1.165, 1.54) is 24.3 Å². The number of hydrogen-bond acceptors (Lipinski definition) is 6. The molecule has 1 atom stereocenters. The highest BCUT2D eigenvalue weighted by Crippen LogP contribution is 2.35. The number of aliphatic hydroxyl groups excluding tert-OH is 1. The van der Waals surface area contributed by atoms with Crippen LogP contribution in [0.15, 0.2) is 42.5 Å². The fraction of sp³-hybridized carbons (Fsp3) is 0.316. The molecular weight excluding hydrogens is 376 g/mol. The van der Waals surface area contributed by atoms with Crippen LogP contribution in [0.1, 0.15) is 5.56 Å². The lowest BCUT2D eigenvalue weighted by Crippen LogP contribution is -2.36. The number of halogens is 2. The van der Waals surface area contributed by atoms with Crippen LogP contribution in [0.2, 0.25) is 0 Å². The van der Waals surface area contributed by atoms with Crippen molar-refractivity contribution in [2.75, 3.05) is 19.9 Å². The summed E-state index contributed by atoms with van der Waals surface area (Å²) < 4.78 is 44.4. The summed E-state index contributed by atoms with van der Waals surface area (Å²) in [5.41, 5.74) is 0.630. The van der Waals surface area contributed by atoms with Crippen molar-refractivity contribution in [3.63, 3.8) is 0 Å². The quantitative estimate of drug-likeness (QED) is 0.677. The number of benzene rings is 2. The van der Waals surface area contributed by atoms with Gasteiger partial charge in [-0.1, -0.05) is 12.1 Å². The van der Waals surface area contributed by atoms with E-state index >= 15 is 0 Å². The second kappa shape index (κ2) is 9.23. The normalized spacial score (nSPS) is 13.3. The number of nitrogens with one attached hydrogen (secondary N) is 1. The van der Waals surface area contributed by atoms with E-state index in [2.05, 4.69) is 10.1 Å². The second-order valence-corrected chi connectivity index (χ2v) is 5.98. The van der Waals surface area contributed by atoms with Gasteiger partial charge in [-0.05, 0) is 29.8 Å². The molecule has 1 heterocycles. The van der Waals surface area contributed by atoms with Gasteiger partial charge in [-0.15, -0.1) is 0 Å². The molecule has 0 aromatic heterocycles. The first-order valence-electron chi connectivity index (χ1n) is 8.50. The highest BCUT2D eigenvalue weighted by molar-refractivity contribution is 5.78. The third kappa shape index (κ3) is 5.71. The first-order valence-corrected chi connectivity index (χ1v) is 8.50. The van der Waals surface area contributed by atoms with Crippen molar-refractivity contribution >= 4 is 5.91 Å². The molecule has 2 N–H and O–H groups in total. The van der Waals surface area contributed by atoms with Crippen LogP contribution >= 0.6 is 0 Å². The standard InChI is InChI=1S/C19H19F2NO6/c20-19(21)28-14-3-1-12(2-4-14)7-18(24)22-9-13(23)10-25-15-5-6-16-17(8-15)27-11-26-16/h1-6,8,13,19,23H,7,9-11H2,(H,22,24). The maximum atomic E-state index is 12.1. The molecule has 0 fully saturated rings. The minimum absolute atomic E-state index is 0.00988. The molecule has 1 aliphatic heterocycles. The third-order valence-electron chi connectivity index (χ3n) is 3.83. The number of ether oxygens (including phenoxy) is 4. The largest absolute Gasteiger partial charge is 0.491 e. The lowest BCUT2D eigenvalue weighted by molar-refractivity contribution is -0.121. The van der Waals surface area contributed by atoms with Crippen molar-refractivity contribution in [2.45, 2.75) is 19.1 Å². The number of carbonyl (C=O) groups excluding carboxylic acids is 1. The Kier molecular flexibility index (Phi) is 6.49. The first kappa shape index (κ1) is 19.7. The third-order valence-corrected chi connectivity index (χ3v) is 3.83. The van der Waals surface area contributed by atoms with Gasteiger partial charge >= 0.3 is 6.61 Å². The van der Waals surface area contributed by atoms with E-state index in [4.69, 9.17) is 14.2 Å². The van der Waals surface area contributed by atoms with E-state index in [1.807, 2.05) is 0 Å². The van der Waals surface area contributed by atoms with Crippen molar-refractivity contribution < 1.29 is 37.6 Å². The Balaban J connectivity index is 1.38. The summed E-state index contributed by atoms with van der Waals surface area (Å²) in [5.74, 6) is 1.43. The van der Waals surface area contributed by atoms with Crippen LogP contribution in [0.25, 0.3) is 0 Å². The smallest absolute Gasteiger partial charge is 0.387 e. The lowest BCUT2D eigenvalue weighted by atomic mass is 10.1. The van der Waals surface area contributed by atoms with Crippen LogP contribution in [-0.4, -0.2) is 43.7 Å². The molecule has 0 spiro atoms. The van der Waals surface area contributed by atoms with Gasteiger partial charge in [-0.25, -0.2) is 0 Å². The SMILES string of the molecule is O=C(Cc1ccc(OC(F)F)cc1)NCC(O)COc1ccc2c(c1)OCO2. The molecule has 0 bridgehead atoms. The Labute approximate surface area is 159 Å². The average molecular weight is 395 g/mol. The van der Waals surface area contributed by atoms with E-state index in [0.29, 0.717) is 22.8 Å². The Morgan fingerprint density at radius 3 is 2.57 bits per heavy atom. The summed E-state index contributed by atoms with van der Waals surface area (Å²) in [7, 11) is 0. The van der Waals surface area contributed by atoms with E-state index < -0.39 is 12.7 Å². The van der Waals surface area contributed by atoms with Crippen LogP contribution < -0.4 is 24.3 Å². The monoisotopic (exact) mass is 395 g/mol. The van der Waals surface area contributed by atoms with Crippen LogP contribution in [0.4, 0.5) is 8.78 Å². The maximum absolute atomic E-state index is 12.1. The molecular formula is C19H19F2NO6. The Bertz CT molecular complexity index is 800. The predicted octanol–water partition coefficient (Wildman–Crippen LogP) is 2.12. The minimum Gasteiger partial charge on any atom is -0.491 e. The molecule has 3 rings (SSSR count). The summed E-state index contributed by atoms with van der Waals surface area (Å²) in [6.45, 7) is -2.74. The number of carbonyl (C=O) groups is 1.